The molecule has 0 heteroatoms. The van der Waals surface area contributed by atoms with Crippen molar-refractivity contribution in [2.24, 2.45) is 5.92 Å². The second-order valence-electron chi connectivity index (χ2n) is 3.78. The fourth-order valence-corrected chi connectivity index (χ4v) is 1.08. The molecule has 12 heavy (non-hydrogen) atoms. The molecule has 0 N–H and O–H groups in total. The summed E-state index contributed by atoms with van der Waals surface area (Å²) >= 11 is 0. The minimum Gasteiger partial charge on any atom is -0.0999 e. The standard InChI is InChI=1S/C12H22/c1-6-7-11(4)8-9-12(5)10(2)3/h8,12H,2,6-7,9H2,1,3-5H3. The molecule has 0 aliphatic rings. The first-order valence-corrected chi connectivity index (χ1v) is 4.89. The van der Waals surface area contributed by atoms with E-state index in [9.17, 15) is 0 Å². The van der Waals surface area contributed by atoms with Crippen molar-refractivity contribution in [3.05, 3.63) is 23.8 Å². The van der Waals surface area contributed by atoms with Crippen molar-refractivity contribution in [3.63, 3.8) is 0 Å². The van der Waals surface area contributed by atoms with E-state index in [2.05, 4.69) is 40.3 Å². The highest BCUT2D eigenvalue weighted by Crippen LogP contribution is 2.14. The zero-order chi connectivity index (χ0) is 9.56. The Morgan fingerprint density at radius 3 is 2.42 bits per heavy atom. The largest absolute Gasteiger partial charge is 0.0999 e. The summed E-state index contributed by atoms with van der Waals surface area (Å²) in [5, 5.41) is 0. The molecule has 1 unspecified atom stereocenters. The lowest BCUT2D eigenvalue weighted by atomic mass is 9.98. The first-order chi connectivity index (χ1) is 5.57. The van der Waals surface area contributed by atoms with Gasteiger partial charge in [0.15, 0.2) is 0 Å². The molecule has 0 radical (unpaired) electrons. The summed E-state index contributed by atoms with van der Waals surface area (Å²) in [5.41, 5.74) is 2.81. The third-order valence-corrected chi connectivity index (χ3v) is 2.31. The molecular weight excluding hydrogens is 144 g/mol. The maximum absolute atomic E-state index is 3.95. The van der Waals surface area contributed by atoms with Gasteiger partial charge in [-0.05, 0) is 32.6 Å². The Morgan fingerprint density at radius 1 is 1.42 bits per heavy atom. The van der Waals surface area contributed by atoms with Crippen LogP contribution in [0, 0.1) is 5.92 Å². The Hall–Kier alpha value is -0.520. The highest BCUT2D eigenvalue weighted by atomic mass is 14.0. The maximum atomic E-state index is 3.95. The Kier molecular flexibility index (Phi) is 5.79. The van der Waals surface area contributed by atoms with Gasteiger partial charge in [-0.1, -0.05) is 44.1 Å². The first kappa shape index (κ1) is 11.5. The van der Waals surface area contributed by atoms with E-state index in [1.807, 2.05) is 0 Å². The molecule has 0 spiro atoms. The zero-order valence-corrected chi connectivity index (χ0v) is 8.98. The van der Waals surface area contributed by atoms with Crippen LogP contribution in [0.1, 0.15) is 47.0 Å². The lowest BCUT2D eigenvalue weighted by Gasteiger charge is -2.08. The third-order valence-electron chi connectivity index (χ3n) is 2.31. The predicted octanol–water partition coefficient (Wildman–Crippen LogP) is 4.34. The molecule has 0 rings (SSSR count). The van der Waals surface area contributed by atoms with Crippen LogP contribution in [-0.4, -0.2) is 0 Å². The van der Waals surface area contributed by atoms with Crippen molar-refractivity contribution in [3.8, 4) is 0 Å². The normalized spacial score (nSPS) is 14.5. The third kappa shape index (κ3) is 5.17. The van der Waals surface area contributed by atoms with Crippen LogP contribution < -0.4 is 0 Å². The molecule has 0 aromatic rings. The van der Waals surface area contributed by atoms with Crippen LogP contribution >= 0.6 is 0 Å². The molecule has 0 saturated carbocycles. The quantitative estimate of drug-likeness (QED) is 0.533. The molecule has 0 aliphatic carbocycles. The molecule has 1 atom stereocenters. The fourth-order valence-electron chi connectivity index (χ4n) is 1.08. The van der Waals surface area contributed by atoms with E-state index in [1.165, 1.54) is 24.0 Å². The second kappa shape index (κ2) is 6.05. The minimum absolute atomic E-state index is 0.636. The number of allylic oxidation sites excluding steroid dienone is 3. The van der Waals surface area contributed by atoms with Crippen LogP contribution in [0.2, 0.25) is 0 Å². The van der Waals surface area contributed by atoms with Crippen molar-refractivity contribution >= 4 is 0 Å². The van der Waals surface area contributed by atoms with Gasteiger partial charge in [-0.2, -0.15) is 0 Å². The summed E-state index contributed by atoms with van der Waals surface area (Å²) < 4.78 is 0. The van der Waals surface area contributed by atoms with Gasteiger partial charge in [0.05, 0.1) is 0 Å². The number of hydrogen-bond donors (Lipinski definition) is 0. The highest BCUT2D eigenvalue weighted by Gasteiger charge is 1.99. The van der Waals surface area contributed by atoms with Gasteiger partial charge < -0.3 is 0 Å². The molecule has 70 valence electrons. The van der Waals surface area contributed by atoms with Crippen LogP contribution in [0.25, 0.3) is 0 Å². The van der Waals surface area contributed by atoms with E-state index < -0.39 is 0 Å². The Balaban J connectivity index is 3.78. The van der Waals surface area contributed by atoms with Gasteiger partial charge in [0.1, 0.15) is 0 Å². The second-order valence-corrected chi connectivity index (χ2v) is 3.78. The first-order valence-electron chi connectivity index (χ1n) is 4.89. The van der Waals surface area contributed by atoms with Crippen molar-refractivity contribution in [1.29, 1.82) is 0 Å². The van der Waals surface area contributed by atoms with Crippen LogP contribution in [0.4, 0.5) is 0 Å². The summed E-state index contributed by atoms with van der Waals surface area (Å²) in [5.74, 6) is 0.636. The topological polar surface area (TPSA) is 0 Å². The van der Waals surface area contributed by atoms with E-state index in [0.717, 1.165) is 6.42 Å². The number of rotatable bonds is 5. The Morgan fingerprint density at radius 2 is 2.00 bits per heavy atom. The Bertz CT molecular complexity index is 163. The van der Waals surface area contributed by atoms with Crippen LogP contribution in [0.15, 0.2) is 23.8 Å². The fraction of sp³-hybridized carbons (Fsp3) is 0.667. The molecule has 0 nitrogen and oxygen atoms in total. The summed E-state index contributed by atoms with van der Waals surface area (Å²) in [4.78, 5) is 0. The molecule has 0 fully saturated rings. The summed E-state index contributed by atoms with van der Waals surface area (Å²) in [6.45, 7) is 12.7. The summed E-state index contributed by atoms with van der Waals surface area (Å²) in [7, 11) is 0. The van der Waals surface area contributed by atoms with E-state index in [4.69, 9.17) is 0 Å². The monoisotopic (exact) mass is 166 g/mol. The smallest absolute Gasteiger partial charge is 0.0202 e. The molecular formula is C12H22. The lowest BCUT2D eigenvalue weighted by molar-refractivity contribution is 0.691. The van der Waals surface area contributed by atoms with E-state index >= 15 is 0 Å². The molecule has 0 amide bonds. The van der Waals surface area contributed by atoms with Gasteiger partial charge in [-0.3, -0.25) is 0 Å². The zero-order valence-electron chi connectivity index (χ0n) is 8.98. The van der Waals surface area contributed by atoms with Gasteiger partial charge in [-0.25, -0.2) is 0 Å². The van der Waals surface area contributed by atoms with Crippen LogP contribution in [0.3, 0.4) is 0 Å². The average Bonchev–Trinajstić information content (AvgIpc) is 2.00. The molecule has 0 aromatic heterocycles. The van der Waals surface area contributed by atoms with Gasteiger partial charge in [0.25, 0.3) is 0 Å². The molecule has 0 aliphatic heterocycles. The number of hydrogen-bond acceptors (Lipinski definition) is 0. The van der Waals surface area contributed by atoms with Crippen LogP contribution in [-0.2, 0) is 0 Å². The van der Waals surface area contributed by atoms with Gasteiger partial charge >= 0.3 is 0 Å². The molecule has 0 bridgehead atoms. The van der Waals surface area contributed by atoms with Gasteiger partial charge in [-0.15, -0.1) is 0 Å². The molecule has 0 saturated heterocycles. The summed E-state index contributed by atoms with van der Waals surface area (Å²) in [6.07, 6.45) is 6.00. The highest BCUT2D eigenvalue weighted by molar-refractivity contribution is 5.03. The minimum atomic E-state index is 0.636. The van der Waals surface area contributed by atoms with Gasteiger partial charge in [0.2, 0.25) is 0 Å². The molecule has 0 aromatic carbocycles. The van der Waals surface area contributed by atoms with Crippen molar-refractivity contribution in [2.75, 3.05) is 0 Å². The van der Waals surface area contributed by atoms with Crippen molar-refractivity contribution in [2.45, 2.75) is 47.0 Å². The SMILES string of the molecule is C=C(C)C(C)CC=C(C)CCC. The van der Waals surface area contributed by atoms with E-state index in [0.29, 0.717) is 5.92 Å². The van der Waals surface area contributed by atoms with E-state index in [-0.39, 0.29) is 0 Å². The Labute approximate surface area is 77.4 Å². The maximum Gasteiger partial charge on any atom is -0.0202 e. The lowest BCUT2D eigenvalue weighted by Crippen LogP contribution is -1.92. The predicted molar refractivity (Wildman–Crippen MR) is 57.3 cm³/mol. The van der Waals surface area contributed by atoms with Gasteiger partial charge in [0, 0.05) is 0 Å². The summed E-state index contributed by atoms with van der Waals surface area (Å²) in [6, 6.07) is 0. The van der Waals surface area contributed by atoms with Crippen molar-refractivity contribution in [1.82, 2.24) is 0 Å². The molecule has 0 heterocycles. The van der Waals surface area contributed by atoms with Crippen molar-refractivity contribution < 1.29 is 0 Å². The van der Waals surface area contributed by atoms with E-state index in [1.54, 1.807) is 0 Å². The average molecular weight is 166 g/mol. The van der Waals surface area contributed by atoms with Crippen LogP contribution in [0.5, 0.6) is 0 Å².